The lowest BCUT2D eigenvalue weighted by molar-refractivity contribution is -0.0826. The van der Waals surface area contributed by atoms with Gasteiger partial charge in [-0.2, -0.15) is 0 Å². The van der Waals surface area contributed by atoms with Crippen LogP contribution in [-0.4, -0.2) is 47.8 Å². The summed E-state index contributed by atoms with van der Waals surface area (Å²) in [6.45, 7) is 12.8. The number of nitrogens with zero attached hydrogens (tertiary/aromatic N) is 1. The van der Waals surface area contributed by atoms with E-state index in [2.05, 4.69) is 37.9 Å². The first kappa shape index (κ1) is 14.8. The summed E-state index contributed by atoms with van der Waals surface area (Å²) in [5.41, 5.74) is 0.0281. The van der Waals surface area contributed by atoms with Gasteiger partial charge in [-0.1, -0.05) is 0 Å². The molecule has 3 rings (SSSR count). The molecule has 3 fully saturated rings. The third kappa shape index (κ3) is 3.20. The SMILES string of the molecule is CC1(C)CC(N(CC2CCCNC2)C2CC2)C(C)(C)O1. The monoisotopic (exact) mass is 280 g/mol. The van der Waals surface area contributed by atoms with Crippen molar-refractivity contribution in [2.45, 2.75) is 83.1 Å². The van der Waals surface area contributed by atoms with Crippen molar-refractivity contribution >= 4 is 0 Å². The predicted octanol–water partition coefficient (Wildman–Crippen LogP) is 2.80. The second kappa shape index (κ2) is 5.26. The van der Waals surface area contributed by atoms with E-state index >= 15 is 0 Å². The minimum atomic E-state index is -0.00577. The first-order valence-electron chi connectivity index (χ1n) is 8.54. The number of rotatable bonds is 4. The van der Waals surface area contributed by atoms with Crippen LogP contribution in [0.25, 0.3) is 0 Å². The Morgan fingerprint density at radius 1 is 1.15 bits per heavy atom. The van der Waals surface area contributed by atoms with Crippen molar-refractivity contribution in [2.24, 2.45) is 5.92 Å². The van der Waals surface area contributed by atoms with Gasteiger partial charge in [-0.05, 0) is 78.8 Å². The molecule has 0 aromatic heterocycles. The van der Waals surface area contributed by atoms with E-state index in [1.165, 1.54) is 51.7 Å². The molecule has 20 heavy (non-hydrogen) atoms. The Balaban J connectivity index is 1.70. The van der Waals surface area contributed by atoms with Crippen LogP contribution in [0.4, 0.5) is 0 Å². The first-order valence-corrected chi connectivity index (χ1v) is 8.54. The van der Waals surface area contributed by atoms with Crippen LogP contribution < -0.4 is 5.32 Å². The zero-order chi connectivity index (χ0) is 14.4. The first-order chi connectivity index (χ1) is 9.37. The Kier molecular flexibility index (Phi) is 3.89. The standard InChI is InChI=1S/C17H32N2O/c1-16(2)10-15(17(3,4)20-16)19(14-7-8-14)12-13-6-5-9-18-11-13/h13-15,18H,5-12H2,1-4H3. The van der Waals surface area contributed by atoms with Gasteiger partial charge < -0.3 is 10.1 Å². The molecule has 2 heterocycles. The fourth-order valence-electron chi connectivity index (χ4n) is 4.36. The molecular formula is C17H32N2O. The van der Waals surface area contributed by atoms with Crippen LogP contribution in [0.3, 0.4) is 0 Å². The largest absolute Gasteiger partial charge is 0.368 e. The lowest BCUT2D eigenvalue weighted by Crippen LogP contribution is -2.50. The van der Waals surface area contributed by atoms with Crippen molar-refractivity contribution in [3.63, 3.8) is 0 Å². The molecule has 3 heteroatoms. The number of ether oxygens (including phenoxy) is 1. The van der Waals surface area contributed by atoms with Crippen molar-refractivity contribution in [3.8, 4) is 0 Å². The van der Waals surface area contributed by atoms with Crippen molar-refractivity contribution in [2.75, 3.05) is 19.6 Å². The van der Waals surface area contributed by atoms with E-state index in [0.717, 1.165) is 12.0 Å². The highest BCUT2D eigenvalue weighted by Crippen LogP contribution is 2.44. The topological polar surface area (TPSA) is 24.5 Å². The van der Waals surface area contributed by atoms with E-state index in [4.69, 9.17) is 4.74 Å². The average molecular weight is 280 g/mol. The molecule has 0 bridgehead atoms. The molecule has 2 atom stereocenters. The highest BCUT2D eigenvalue weighted by Gasteiger charge is 2.51. The molecule has 2 aliphatic heterocycles. The molecule has 3 nitrogen and oxygen atoms in total. The van der Waals surface area contributed by atoms with E-state index in [1.807, 2.05) is 0 Å². The smallest absolute Gasteiger partial charge is 0.0789 e. The van der Waals surface area contributed by atoms with Crippen molar-refractivity contribution in [1.82, 2.24) is 10.2 Å². The van der Waals surface area contributed by atoms with Crippen LogP contribution in [0.5, 0.6) is 0 Å². The molecular weight excluding hydrogens is 248 g/mol. The van der Waals surface area contributed by atoms with Crippen molar-refractivity contribution in [3.05, 3.63) is 0 Å². The van der Waals surface area contributed by atoms with E-state index in [1.54, 1.807) is 0 Å². The quantitative estimate of drug-likeness (QED) is 0.857. The zero-order valence-corrected chi connectivity index (χ0v) is 13.7. The summed E-state index contributed by atoms with van der Waals surface area (Å²) in [5, 5.41) is 3.57. The number of hydrogen-bond donors (Lipinski definition) is 1. The van der Waals surface area contributed by atoms with Gasteiger partial charge in [0.2, 0.25) is 0 Å². The molecule has 116 valence electrons. The summed E-state index contributed by atoms with van der Waals surface area (Å²) in [6, 6.07) is 1.42. The second-order valence-electron chi connectivity index (χ2n) is 8.33. The summed E-state index contributed by atoms with van der Waals surface area (Å²) >= 11 is 0. The molecule has 0 radical (unpaired) electrons. The lowest BCUT2D eigenvalue weighted by atomic mass is 9.90. The van der Waals surface area contributed by atoms with Crippen LogP contribution in [0.2, 0.25) is 0 Å². The Bertz CT molecular complexity index is 343. The maximum Gasteiger partial charge on any atom is 0.0789 e. The van der Waals surface area contributed by atoms with Gasteiger partial charge in [-0.25, -0.2) is 0 Å². The summed E-state index contributed by atoms with van der Waals surface area (Å²) in [6.07, 6.45) is 6.71. The predicted molar refractivity (Wildman–Crippen MR) is 83.0 cm³/mol. The molecule has 0 amide bonds. The lowest BCUT2D eigenvalue weighted by Gasteiger charge is -2.39. The third-order valence-electron chi connectivity index (χ3n) is 5.31. The van der Waals surface area contributed by atoms with E-state index in [9.17, 15) is 0 Å². The van der Waals surface area contributed by atoms with Gasteiger partial charge in [0.1, 0.15) is 0 Å². The molecule has 3 aliphatic rings. The van der Waals surface area contributed by atoms with Gasteiger partial charge in [0.15, 0.2) is 0 Å². The van der Waals surface area contributed by atoms with Gasteiger partial charge in [0.05, 0.1) is 11.2 Å². The summed E-state index contributed by atoms with van der Waals surface area (Å²) < 4.78 is 6.34. The minimum Gasteiger partial charge on any atom is -0.368 e. The number of piperidine rings is 1. The minimum absolute atomic E-state index is 0.00577. The fraction of sp³-hybridized carbons (Fsp3) is 1.00. The third-order valence-corrected chi connectivity index (χ3v) is 5.31. The van der Waals surface area contributed by atoms with Crippen LogP contribution >= 0.6 is 0 Å². The molecule has 0 aromatic carbocycles. The Morgan fingerprint density at radius 2 is 1.90 bits per heavy atom. The highest BCUT2D eigenvalue weighted by molar-refractivity contribution is 5.04. The highest BCUT2D eigenvalue weighted by atomic mass is 16.5. The van der Waals surface area contributed by atoms with E-state index in [-0.39, 0.29) is 11.2 Å². The van der Waals surface area contributed by atoms with Gasteiger partial charge in [-0.15, -0.1) is 0 Å². The van der Waals surface area contributed by atoms with Crippen LogP contribution in [0.15, 0.2) is 0 Å². The van der Waals surface area contributed by atoms with Gasteiger partial charge in [0, 0.05) is 18.6 Å². The maximum atomic E-state index is 6.34. The van der Waals surface area contributed by atoms with E-state index < -0.39 is 0 Å². The Hall–Kier alpha value is -0.120. The fourth-order valence-corrected chi connectivity index (χ4v) is 4.36. The molecule has 1 N–H and O–H groups in total. The molecule has 2 unspecified atom stereocenters. The summed E-state index contributed by atoms with van der Waals surface area (Å²) in [7, 11) is 0. The second-order valence-corrected chi connectivity index (χ2v) is 8.33. The zero-order valence-electron chi connectivity index (χ0n) is 13.7. The molecule has 0 aromatic rings. The van der Waals surface area contributed by atoms with Gasteiger partial charge in [-0.3, -0.25) is 4.90 Å². The van der Waals surface area contributed by atoms with Crippen LogP contribution in [0.1, 0.15) is 59.8 Å². The van der Waals surface area contributed by atoms with Crippen LogP contribution in [-0.2, 0) is 4.74 Å². The summed E-state index contributed by atoms with van der Waals surface area (Å²) in [5.74, 6) is 0.837. The number of hydrogen-bond acceptors (Lipinski definition) is 3. The normalized spacial score (nSPS) is 36.5. The Morgan fingerprint density at radius 3 is 2.40 bits per heavy atom. The molecule has 2 saturated heterocycles. The van der Waals surface area contributed by atoms with Crippen molar-refractivity contribution < 1.29 is 4.74 Å². The molecule has 0 spiro atoms. The molecule has 1 saturated carbocycles. The summed E-state index contributed by atoms with van der Waals surface area (Å²) in [4.78, 5) is 2.81. The Labute approximate surface area is 124 Å². The van der Waals surface area contributed by atoms with E-state index in [0.29, 0.717) is 6.04 Å². The number of nitrogens with one attached hydrogen (secondary N) is 1. The molecule has 1 aliphatic carbocycles. The van der Waals surface area contributed by atoms with Crippen LogP contribution in [0, 0.1) is 5.92 Å². The van der Waals surface area contributed by atoms with Gasteiger partial charge >= 0.3 is 0 Å². The van der Waals surface area contributed by atoms with Crippen molar-refractivity contribution in [1.29, 1.82) is 0 Å². The van der Waals surface area contributed by atoms with Gasteiger partial charge in [0.25, 0.3) is 0 Å². The average Bonchev–Trinajstić information content (AvgIpc) is 3.14. The maximum absolute atomic E-state index is 6.34.